The van der Waals surface area contributed by atoms with Crippen LogP contribution in [0.25, 0.3) is 0 Å². The Kier molecular flexibility index (Phi) is 6.40. The Bertz CT molecular complexity index is 1300. The smallest absolute Gasteiger partial charge is 0.247 e. The zero-order valence-electron chi connectivity index (χ0n) is 21.2. The highest BCUT2D eigenvalue weighted by Crippen LogP contribution is 2.61. The zero-order valence-corrected chi connectivity index (χ0v) is 22.0. The first kappa shape index (κ1) is 24.9. The second-order valence-corrected chi connectivity index (χ2v) is 11.9. The van der Waals surface area contributed by atoms with Crippen LogP contribution in [0.5, 0.6) is 0 Å². The molecule has 1 spiro atoms. The average Bonchev–Trinajstić information content (AvgIpc) is 3.27. The Morgan fingerprint density at radius 2 is 1.66 bits per heavy atom. The van der Waals surface area contributed by atoms with Gasteiger partial charge in [0.05, 0.1) is 29.2 Å². The molecule has 0 aromatic heterocycles. The number of aliphatic hydroxyl groups excluding tert-OH is 1. The third kappa shape index (κ3) is 3.81. The van der Waals surface area contributed by atoms with Crippen LogP contribution in [-0.2, 0) is 20.9 Å². The minimum Gasteiger partial charge on any atom is -0.394 e. The molecule has 1 unspecified atom stereocenters. The topological polar surface area (TPSA) is 81.2 Å². The van der Waals surface area contributed by atoms with Gasteiger partial charge in [-0.3, -0.25) is 14.4 Å². The number of hydrogen-bond donors (Lipinski definition) is 1. The number of aliphatic hydroxyl groups is 1. The van der Waals surface area contributed by atoms with E-state index in [0.29, 0.717) is 19.6 Å². The second-order valence-electron chi connectivity index (χ2n) is 10.4. The standard InChI is InChI=1S/C30H31N3O4S/c1-20(19-34)33-26-29(37)31(18-21-10-4-2-5-11-21)16-9-15-30(26)25(28(33)36)24-23(38-30)14-8-17-32(27(24)35)22-12-6-3-7-13-22/h2-15,20,23-26,34H,16-19H2,1H3/t20-,23+,24-,25+,26?,30+/m1/s1. The first-order valence-corrected chi connectivity index (χ1v) is 14.0. The third-order valence-electron chi connectivity index (χ3n) is 8.20. The molecule has 0 aliphatic carbocycles. The lowest BCUT2D eigenvalue weighted by Crippen LogP contribution is -2.55. The van der Waals surface area contributed by atoms with Crippen LogP contribution in [0.15, 0.2) is 85.0 Å². The summed E-state index contributed by atoms with van der Waals surface area (Å²) < 4.78 is -0.891. The van der Waals surface area contributed by atoms with Crippen molar-refractivity contribution >= 4 is 35.2 Å². The van der Waals surface area contributed by atoms with Gasteiger partial charge in [0.2, 0.25) is 17.7 Å². The number of anilines is 1. The summed E-state index contributed by atoms with van der Waals surface area (Å²) in [7, 11) is 0. The molecule has 1 N–H and O–H groups in total. The van der Waals surface area contributed by atoms with Crippen LogP contribution in [-0.4, -0.2) is 74.4 Å². The summed E-state index contributed by atoms with van der Waals surface area (Å²) in [6.45, 7) is 2.79. The molecule has 2 aromatic carbocycles. The molecular formula is C30H31N3O4S. The van der Waals surface area contributed by atoms with E-state index in [-0.39, 0.29) is 29.6 Å². The Hall–Kier alpha value is -3.36. The molecule has 2 aromatic rings. The van der Waals surface area contributed by atoms with Gasteiger partial charge in [-0.1, -0.05) is 72.8 Å². The Balaban J connectivity index is 1.42. The van der Waals surface area contributed by atoms with Gasteiger partial charge in [0.1, 0.15) is 6.04 Å². The molecule has 2 saturated heterocycles. The van der Waals surface area contributed by atoms with Crippen LogP contribution in [0, 0.1) is 11.8 Å². The molecule has 3 amide bonds. The molecular weight excluding hydrogens is 498 g/mol. The first-order valence-electron chi connectivity index (χ1n) is 13.1. The number of hydrogen-bond acceptors (Lipinski definition) is 5. The van der Waals surface area contributed by atoms with Crippen molar-refractivity contribution in [1.29, 1.82) is 0 Å². The number of benzene rings is 2. The number of carbonyl (C=O) groups excluding carboxylic acids is 3. The normalized spacial score (nSPS) is 31.1. The summed E-state index contributed by atoms with van der Waals surface area (Å²) in [5.41, 5.74) is 1.80. The number of nitrogens with zero attached hydrogens (tertiary/aromatic N) is 3. The van der Waals surface area contributed by atoms with Crippen molar-refractivity contribution in [2.75, 3.05) is 24.6 Å². The second kappa shape index (κ2) is 9.75. The third-order valence-corrected chi connectivity index (χ3v) is 9.95. The lowest BCUT2D eigenvalue weighted by Gasteiger charge is -2.37. The van der Waals surface area contributed by atoms with E-state index < -0.39 is 28.7 Å². The number of amides is 3. The summed E-state index contributed by atoms with van der Waals surface area (Å²) in [5.74, 6) is -1.78. The quantitative estimate of drug-likeness (QED) is 0.603. The number of likely N-dealkylation sites (tertiary alicyclic amines) is 1. The highest BCUT2D eigenvalue weighted by Gasteiger charge is 2.71. The van der Waals surface area contributed by atoms with Gasteiger partial charge in [0, 0.05) is 30.6 Å². The highest BCUT2D eigenvalue weighted by molar-refractivity contribution is 8.02. The fourth-order valence-electron chi connectivity index (χ4n) is 6.47. The Morgan fingerprint density at radius 3 is 2.37 bits per heavy atom. The molecule has 6 atom stereocenters. The molecule has 38 heavy (non-hydrogen) atoms. The first-order chi connectivity index (χ1) is 18.5. The molecule has 0 bridgehead atoms. The number of para-hydroxylation sites is 1. The predicted octanol–water partition coefficient (Wildman–Crippen LogP) is 2.87. The SMILES string of the molecule is C[C@H](CO)N1C(=O)[C@@H]2[C@@H]3C(=O)N(c4ccccc4)CC=C[C@@H]3S[C@@]23C=CCN(Cc2ccccc2)C(=O)C13. The van der Waals surface area contributed by atoms with Crippen molar-refractivity contribution in [3.63, 3.8) is 0 Å². The summed E-state index contributed by atoms with van der Waals surface area (Å²) in [4.78, 5) is 47.7. The summed E-state index contributed by atoms with van der Waals surface area (Å²) in [6, 6.07) is 18.0. The van der Waals surface area contributed by atoms with Crippen LogP contribution in [0.1, 0.15) is 12.5 Å². The average molecular weight is 530 g/mol. The fraction of sp³-hybridized carbons (Fsp3) is 0.367. The summed E-state index contributed by atoms with van der Waals surface area (Å²) >= 11 is 1.56. The highest BCUT2D eigenvalue weighted by atomic mass is 32.2. The Morgan fingerprint density at radius 1 is 0.947 bits per heavy atom. The summed E-state index contributed by atoms with van der Waals surface area (Å²) in [5, 5.41) is 9.89. The van der Waals surface area contributed by atoms with Crippen LogP contribution >= 0.6 is 11.8 Å². The van der Waals surface area contributed by atoms with Crippen LogP contribution in [0.2, 0.25) is 0 Å². The van der Waals surface area contributed by atoms with Crippen molar-refractivity contribution in [1.82, 2.24) is 9.80 Å². The van der Waals surface area contributed by atoms with Gasteiger partial charge in [-0.2, -0.15) is 0 Å². The molecule has 4 aliphatic heterocycles. The van der Waals surface area contributed by atoms with E-state index in [1.165, 1.54) is 0 Å². The molecule has 4 aliphatic rings. The van der Waals surface area contributed by atoms with Crippen LogP contribution in [0.3, 0.4) is 0 Å². The minimum atomic E-state index is -0.891. The van der Waals surface area contributed by atoms with Crippen molar-refractivity contribution < 1.29 is 19.5 Å². The van der Waals surface area contributed by atoms with Crippen LogP contribution < -0.4 is 4.90 Å². The van der Waals surface area contributed by atoms with Gasteiger partial charge < -0.3 is 19.8 Å². The summed E-state index contributed by atoms with van der Waals surface area (Å²) in [6.07, 6.45) is 8.03. The van der Waals surface area contributed by atoms with Crippen molar-refractivity contribution in [2.24, 2.45) is 11.8 Å². The van der Waals surface area contributed by atoms with E-state index in [1.807, 2.05) is 85.0 Å². The lowest BCUT2D eigenvalue weighted by atomic mass is 9.78. The molecule has 196 valence electrons. The fourth-order valence-corrected chi connectivity index (χ4v) is 8.46. The predicted molar refractivity (Wildman–Crippen MR) is 147 cm³/mol. The van der Waals surface area contributed by atoms with Crippen molar-refractivity contribution in [3.05, 3.63) is 90.5 Å². The van der Waals surface area contributed by atoms with E-state index in [1.54, 1.807) is 33.4 Å². The molecule has 2 fully saturated rings. The molecule has 0 radical (unpaired) electrons. The number of rotatable bonds is 5. The lowest BCUT2D eigenvalue weighted by molar-refractivity contribution is -0.145. The van der Waals surface area contributed by atoms with Gasteiger partial charge >= 0.3 is 0 Å². The van der Waals surface area contributed by atoms with E-state index >= 15 is 0 Å². The molecule has 0 saturated carbocycles. The Labute approximate surface area is 226 Å². The largest absolute Gasteiger partial charge is 0.394 e. The van der Waals surface area contributed by atoms with Gasteiger partial charge in [0.25, 0.3) is 0 Å². The molecule has 8 heteroatoms. The van der Waals surface area contributed by atoms with Gasteiger partial charge in [0.15, 0.2) is 0 Å². The van der Waals surface area contributed by atoms with Gasteiger partial charge in [-0.25, -0.2) is 0 Å². The van der Waals surface area contributed by atoms with E-state index in [4.69, 9.17) is 0 Å². The maximum absolute atomic E-state index is 14.3. The number of thioether (sulfide) groups is 1. The van der Waals surface area contributed by atoms with E-state index in [0.717, 1.165) is 11.3 Å². The van der Waals surface area contributed by atoms with Gasteiger partial charge in [-0.05, 0) is 24.6 Å². The van der Waals surface area contributed by atoms with Crippen molar-refractivity contribution in [3.8, 4) is 0 Å². The molecule has 4 heterocycles. The maximum Gasteiger partial charge on any atom is 0.247 e. The van der Waals surface area contributed by atoms with E-state index in [2.05, 4.69) is 0 Å². The van der Waals surface area contributed by atoms with Crippen molar-refractivity contribution in [2.45, 2.75) is 35.5 Å². The minimum absolute atomic E-state index is 0.0996. The number of fused-ring (bicyclic) bond motifs is 2. The van der Waals surface area contributed by atoms with E-state index in [9.17, 15) is 19.5 Å². The monoisotopic (exact) mass is 529 g/mol. The van der Waals surface area contributed by atoms with Gasteiger partial charge in [-0.15, -0.1) is 11.8 Å². The number of carbonyl (C=O) groups is 3. The molecule has 6 rings (SSSR count). The molecule has 7 nitrogen and oxygen atoms in total. The van der Waals surface area contributed by atoms with Crippen LogP contribution in [0.4, 0.5) is 5.69 Å². The maximum atomic E-state index is 14.3. The zero-order chi connectivity index (χ0) is 26.4.